The van der Waals surface area contributed by atoms with Crippen molar-refractivity contribution in [3.05, 3.63) is 71.8 Å². The van der Waals surface area contributed by atoms with E-state index in [0.717, 1.165) is 40.3 Å². The van der Waals surface area contributed by atoms with Crippen LogP contribution in [0.25, 0.3) is 16.9 Å². The number of imidazole rings is 1. The fraction of sp³-hybridized carbons (Fsp3) is 0.227. The summed E-state index contributed by atoms with van der Waals surface area (Å²) in [5.74, 6) is 0.734. The summed E-state index contributed by atoms with van der Waals surface area (Å²) in [5, 5.41) is 7.70. The van der Waals surface area contributed by atoms with Crippen LogP contribution in [-0.2, 0) is 13.0 Å². The largest absolute Gasteiger partial charge is 0.493 e. The number of carbonyl (C=O) groups is 1. The number of rotatable bonds is 4. The van der Waals surface area contributed by atoms with Gasteiger partial charge in [-0.2, -0.15) is 5.10 Å². The molecule has 0 saturated heterocycles. The Morgan fingerprint density at radius 3 is 2.93 bits per heavy atom. The van der Waals surface area contributed by atoms with Gasteiger partial charge in [-0.1, -0.05) is 18.2 Å². The lowest BCUT2D eigenvalue weighted by Crippen LogP contribution is -2.36. The van der Waals surface area contributed by atoms with Crippen LogP contribution in [0.15, 0.2) is 54.9 Å². The van der Waals surface area contributed by atoms with Gasteiger partial charge in [-0.05, 0) is 31.2 Å². The van der Waals surface area contributed by atoms with Gasteiger partial charge in [0.15, 0.2) is 0 Å². The lowest BCUT2D eigenvalue weighted by atomic mass is 10.00. The molecule has 0 aliphatic carbocycles. The summed E-state index contributed by atoms with van der Waals surface area (Å²) in [6, 6.07) is 13.6. The van der Waals surface area contributed by atoms with Crippen molar-refractivity contribution in [2.45, 2.75) is 19.9 Å². The molecule has 0 spiro atoms. The summed E-state index contributed by atoms with van der Waals surface area (Å²) in [6.07, 6.45) is 4.42. The van der Waals surface area contributed by atoms with Gasteiger partial charge in [-0.15, -0.1) is 0 Å². The Hall–Kier alpha value is -3.61. The Morgan fingerprint density at radius 1 is 1.21 bits per heavy atom. The Bertz CT molecular complexity index is 1160. The summed E-state index contributed by atoms with van der Waals surface area (Å²) >= 11 is 0. The number of ether oxygens (including phenoxy) is 1. The molecular weight excluding hydrogens is 366 g/mol. The number of pyridine rings is 1. The maximum atomic E-state index is 13.1. The van der Waals surface area contributed by atoms with E-state index in [4.69, 9.17) is 4.74 Å². The molecule has 146 valence electrons. The standard InChI is InChI=1S/C22H21N5O2/c1-2-29-19-8-4-3-7-15(19)21-16-13-27(12-10-17(16)24-25-21)22(28)18-14-26-11-6-5-9-20(26)23-18/h3-9,11,14H,2,10,12-13H2,1H3,(H,24,25). The van der Waals surface area contributed by atoms with Crippen LogP contribution in [-0.4, -0.2) is 43.5 Å². The fourth-order valence-electron chi connectivity index (χ4n) is 3.83. The third-order valence-electron chi connectivity index (χ3n) is 5.25. The molecule has 0 radical (unpaired) electrons. The molecule has 5 rings (SSSR count). The molecule has 0 atom stereocenters. The van der Waals surface area contributed by atoms with Crippen LogP contribution < -0.4 is 4.74 Å². The molecule has 7 heteroatoms. The van der Waals surface area contributed by atoms with Crippen LogP contribution in [0, 0.1) is 0 Å². The van der Waals surface area contributed by atoms with E-state index in [2.05, 4.69) is 15.2 Å². The minimum atomic E-state index is -0.0652. The van der Waals surface area contributed by atoms with E-state index < -0.39 is 0 Å². The van der Waals surface area contributed by atoms with Gasteiger partial charge in [0.25, 0.3) is 5.91 Å². The first-order valence-corrected chi connectivity index (χ1v) is 9.76. The Labute approximate surface area is 167 Å². The second-order valence-corrected chi connectivity index (χ2v) is 7.03. The zero-order valence-electron chi connectivity index (χ0n) is 16.1. The summed E-state index contributed by atoms with van der Waals surface area (Å²) in [7, 11) is 0. The zero-order chi connectivity index (χ0) is 19.8. The van der Waals surface area contributed by atoms with E-state index in [1.54, 1.807) is 6.20 Å². The molecule has 0 fully saturated rings. The zero-order valence-corrected chi connectivity index (χ0v) is 16.1. The molecule has 1 aliphatic rings. The minimum absolute atomic E-state index is 0.0652. The molecule has 1 aromatic carbocycles. The Balaban J connectivity index is 1.47. The first-order chi connectivity index (χ1) is 14.2. The number of carbonyl (C=O) groups excluding carboxylic acids is 1. The molecule has 0 unspecified atom stereocenters. The highest BCUT2D eigenvalue weighted by Crippen LogP contribution is 2.34. The number of benzene rings is 1. The van der Waals surface area contributed by atoms with Crippen molar-refractivity contribution in [1.29, 1.82) is 0 Å². The van der Waals surface area contributed by atoms with E-state index in [0.29, 0.717) is 25.4 Å². The summed E-state index contributed by atoms with van der Waals surface area (Å²) in [5.41, 5.74) is 5.12. The van der Waals surface area contributed by atoms with Gasteiger partial charge >= 0.3 is 0 Å². The summed E-state index contributed by atoms with van der Waals surface area (Å²) in [4.78, 5) is 19.4. The maximum Gasteiger partial charge on any atom is 0.274 e. The number of nitrogens with one attached hydrogen (secondary N) is 1. The molecule has 3 aromatic heterocycles. The van der Waals surface area contributed by atoms with Gasteiger partial charge < -0.3 is 14.0 Å². The van der Waals surface area contributed by atoms with E-state index in [1.807, 2.05) is 64.9 Å². The molecule has 1 amide bonds. The second-order valence-electron chi connectivity index (χ2n) is 7.03. The van der Waals surface area contributed by atoms with Gasteiger partial charge in [-0.25, -0.2) is 4.98 Å². The van der Waals surface area contributed by atoms with E-state index in [9.17, 15) is 4.79 Å². The number of fused-ring (bicyclic) bond motifs is 2. The molecule has 0 bridgehead atoms. The third-order valence-corrected chi connectivity index (χ3v) is 5.25. The highest BCUT2D eigenvalue weighted by atomic mass is 16.5. The van der Waals surface area contributed by atoms with Crippen LogP contribution in [0.4, 0.5) is 0 Å². The predicted molar refractivity (Wildman–Crippen MR) is 109 cm³/mol. The molecular formula is C22H21N5O2. The average molecular weight is 387 g/mol. The number of para-hydroxylation sites is 1. The van der Waals surface area contributed by atoms with Crippen molar-refractivity contribution in [2.75, 3.05) is 13.2 Å². The Morgan fingerprint density at radius 2 is 2.07 bits per heavy atom. The van der Waals surface area contributed by atoms with Crippen LogP contribution in [0.1, 0.15) is 28.7 Å². The number of aromatic nitrogens is 4. The van der Waals surface area contributed by atoms with Crippen molar-refractivity contribution in [3.63, 3.8) is 0 Å². The minimum Gasteiger partial charge on any atom is -0.493 e. The quantitative estimate of drug-likeness (QED) is 0.583. The molecule has 1 N–H and O–H groups in total. The first kappa shape index (κ1) is 17.5. The second kappa shape index (κ2) is 7.09. The number of nitrogens with zero attached hydrogens (tertiary/aromatic N) is 4. The number of amides is 1. The predicted octanol–water partition coefficient (Wildman–Crippen LogP) is 3.32. The fourth-order valence-corrected chi connectivity index (χ4v) is 3.83. The number of hydrogen-bond acceptors (Lipinski definition) is 4. The topological polar surface area (TPSA) is 75.5 Å². The normalized spacial score (nSPS) is 13.5. The lowest BCUT2D eigenvalue weighted by Gasteiger charge is -2.26. The van der Waals surface area contributed by atoms with Crippen LogP contribution in [0.5, 0.6) is 5.75 Å². The molecule has 0 saturated carbocycles. The van der Waals surface area contributed by atoms with Crippen LogP contribution in [0.3, 0.4) is 0 Å². The van der Waals surface area contributed by atoms with Crippen molar-refractivity contribution < 1.29 is 9.53 Å². The van der Waals surface area contributed by atoms with E-state index in [-0.39, 0.29) is 5.91 Å². The van der Waals surface area contributed by atoms with Crippen molar-refractivity contribution in [3.8, 4) is 17.0 Å². The lowest BCUT2D eigenvalue weighted by molar-refractivity contribution is 0.0729. The van der Waals surface area contributed by atoms with Gasteiger partial charge in [0.2, 0.25) is 0 Å². The van der Waals surface area contributed by atoms with Gasteiger partial charge in [0.05, 0.1) is 13.2 Å². The maximum absolute atomic E-state index is 13.1. The Kier molecular flexibility index (Phi) is 4.27. The van der Waals surface area contributed by atoms with Gasteiger partial charge in [-0.3, -0.25) is 9.89 Å². The number of H-pyrrole nitrogens is 1. The average Bonchev–Trinajstić information content (AvgIpc) is 3.37. The van der Waals surface area contributed by atoms with Crippen LogP contribution in [0.2, 0.25) is 0 Å². The number of hydrogen-bond donors (Lipinski definition) is 1. The highest BCUT2D eigenvalue weighted by molar-refractivity contribution is 5.93. The van der Waals surface area contributed by atoms with Crippen molar-refractivity contribution >= 4 is 11.6 Å². The molecule has 4 heterocycles. The van der Waals surface area contributed by atoms with E-state index >= 15 is 0 Å². The summed E-state index contributed by atoms with van der Waals surface area (Å²) in [6.45, 7) is 3.68. The number of aromatic amines is 1. The molecule has 1 aliphatic heterocycles. The van der Waals surface area contributed by atoms with Crippen molar-refractivity contribution in [1.82, 2.24) is 24.5 Å². The van der Waals surface area contributed by atoms with Gasteiger partial charge in [0, 0.05) is 42.2 Å². The molecule has 4 aromatic rings. The summed E-state index contributed by atoms with van der Waals surface area (Å²) < 4.78 is 7.65. The SMILES string of the molecule is CCOc1ccccc1-c1n[nH]c2c1CN(C(=O)c1cn3ccccc3n1)CC2. The smallest absolute Gasteiger partial charge is 0.274 e. The molecule has 29 heavy (non-hydrogen) atoms. The molecule has 7 nitrogen and oxygen atoms in total. The van der Waals surface area contributed by atoms with E-state index in [1.165, 1.54) is 0 Å². The van der Waals surface area contributed by atoms with Crippen LogP contribution >= 0.6 is 0 Å². The third kappa shape index (κ3) is 3.04. The highest BCUT2D eigenvalue weighted by Gasteiger charge is 2.28. The van der Waals surface area contributed by atoms with Crippen molar-refractivity contribution in [2.24, 2.45) is 0 Å². The monoisotopic (exact) mass is 387 g/mol. The van der Waals surface area contributed by atoms with Gasteiger partial charge in [0.1, 0.15) is 22.8 Å². The first-order valence-electron chi connectivity index (χ1n) is 9.76.